The van der Waals surface area contributed by atoms with Gasteiger partial charge in [0.15, 0.2) is 0 Å². The summed E-state index contributed by atoms with van der Waals surface area (Å²) in [5, 5.41) is 8.64. The van der Waals surface area contributed by atoms with Crippen molar-refractivity contribution in [3.8, 4) is 0 Å². The van der Waals surface area contributed by atoms with Crippen LogP contribution in [0.1, 0.15) is 18.5 Å². The highest BCUT2D eigenvalue weighted by Crippen LogP contribution is 2.24. The highest BCUT2D eigenvalue weighted by Gasteiger charge is 2.18. The van der Waals surface area contributed by atoms with E-state index >= 15 is 0 Å². The largest absolute Gasteiger partial charge is 0.351 e. The molecule has 8 nitrogen and oxygen atoms in total. The average Bonchev–Trinajstić information content (AvgIpc) is 3.04. The summed E-state index contributed by atoms with van der Waals surface area (Å²) in [4.78, 5) is 35.4. The fraction of sp³-hybridized carbons (Fsp3) is 0.150. The molecule has 0 fully saturated rings. The number of carbonyl (C=O) groups is 3. The van der Waals surface area contributed by atoms with Gasteiger partial charge in [-0.3, -0.25) is 9.59 Å². The van der Waals surface area contributed by atoms with Gasteiger partial charge >= 0.3 is 17.8 Å². The third kappa shape index (κ3) is 4.12. The fourth-order valence-electron chi connectivity index (χ4n) is 2.93. The first-order valence-electron chi connectivity index (χ1n) is 8.67. The second kappa shape index (κ2) is 7.83. The number of hydrogen-bond acceptors (Lipinski definition) is 3. The van der Waals surface area contributed by atoms with E-state index in [1.54, 1.807) is 37.3 Å². The lowest BCUT2D eigenvalue weighted by atomic mass is 10.1. The number of primary amides is 1. The Balaban J connectivity index is 1.65. The van der Waals surface area contributed by atoms with E-state index in [0.717, 1.165) is 16.5 Å². The van der Waals surface area contributed by atoms with Gasteiger partial charge in [0.05, 0.1) is 11.7 Å². The zero-order chi connectivity index (χ0) is 20.3. The van der Waals surface area contributed by atoms with E-state index in [2.05, 4.69) is 16.0 Å². The van der Waals surface area contributed by atoms with Gasteiger partial charge in [0.25, 0.3) is 0 Å². The van der Waals surface area contributed by atoms with Gasteiger partial charge in [-0.2, -0.15) is 0 Å². The van der Waals surface area contributed by atoms with Gasteiger partial charge in [-0.1, -0.05) is 18.2 Å². The van der Waals surface area contributed by atoms with Crippen LogP contribution in [0.5, 0.6) is 0 Å². The van der Waals surface area contributed by atoms with E-state index in [4.69, 9.17) is 5.73 Å². The number of benzene rings is 2. The van der Waals surface area contributed by atoms with E-state index in [1.165, 1.54) is 0 Å². The molecule has 0 bridgehead atoms. The Morgan fingerprint density at radius 3 is 2.36 bits per heavy atom. The number of urea groups is 1. The third-order valence-electron chi connectivity index (χ3n) is 4.41. The van der Waals surface area contributed by atoms with Gasteiger partial charge in [-0.05, 0) is 42.8 Å². The minimum atomic E-state index is -0.741. The number of aryl methyl sites for hydroxylation is 1. The maximum Gasteiger partial charge on any atom is 0.316 e. The summed E-state index contributed by atoms with van der Waals surface area (Å²) in [6.07, 6.45) is 1.89. The Morgan fingerprint density at radius 1 is 0.964 bits per heavy atom. The van der Waals surface area contributed by atoms with Crippen molar-refractivity contribution in [2.75, 3.05) is 10.6 Å². The lowest BCUT2D eigenvalue weighted by Gasteiger charge is -2.15. The predicted molar refractivity (Wildman–Crippen MR) is 108 cm³/mol. The molecule has 5 N–H and O–H groups in total. The maximum atomic E-state index is 12.3. The Morgan fingerprint density at radius 2 is 1.68 bits per heavy atom. The van der Waals surface area contributed by atoms with Crippen molar-refractivity contribution >= 4 is 40.1 Å². The molecule has 1 atom stereocenters. The van der Waals surface area contributed by atoms with Gasteiger partial charge in [0.1, 0.15) is 0 Å². The number of anilines is 2. The van der Waals surface area contributed by atoms with Crippen molar-refractivity contribution in [1.29, 1.82) is 0 Å². The number of nitrogens with zero attached hydrogens (tertiary/aromatic N) is 1. The maximum absolute atomic E-state index is 12.3. The predicted octanol–water partition coefficient (Wildman–Crippen LogP) is 2.48. The van der Waals surface area contributed by atoms with Crippen molar-refractivity contribution in [3.63, 3.8) is 0 Å². The smallest absolute Gasteiger partial charge is 0.316 e. The molecule has 0 radical (unpaired) electrons. The number of carbonyl (C=O) groups excluding carboxylic acids is 3. The van der Waals surface area contributed by atoms with E-state index in [0.29, 0.717) is 11.4 Å². The number of fused-ring (bicyclic) bond motifs is 1. The number of nitrogens with two attached hydrogens (primary N) is 1. The molecule has 1 heterocycles. The summed E-state index contributed by atoms with van der Waals surface area (Å²) in [5.74, 6) is -1.48. The lowest BCUT2D eigenvalue weighted by Crippen LogP contribution is -2.36. The van der Waals surface area contributed by atoms with Crippen LogP contribution in [0.3, 0.4) is 0 Å². The number of hydrogen-bond donors (Lipinski definition) is 4. The zero-order valence-electron chi connectivity index (χ0n) is 15.5. The zero-order valence-corrected chi connectivity index (χ0v) is 15.5. The van der Waals surface area contributed by atoms with E-state index in [-0.39, 0.29) is 0 Å². The number of amides is 4. The van der Waals surface area contributed by atoms with Crippen molar-refractivity contribution < 1.29 is 14.4 Å². The van der Waals surface area contributed by atoms with Gasteiger partial charge in [-0.15, -0.1) is 0 Å². The molecular weight excluding hydrogens is 358 g/mol. The normalized spacial score (nSPS) is 11.6. The quantitative estimate of drug-likeness (QED) is 0.522. The molecule has 144 valence electrons. The fourth-order valence-corrected chi connectivity index (χ4v) is 2.93. The molecule has 0 aliphatic rings. The van der Waals surface area contributed by atoms with Crippen LogP contribution in [-0.2, 0) is 16.6 Å². The molecule has 4 amide bonds. The van der Waals surface area contributed by atoms with Crippen LogP contribution >= 0.6 is 0 Å². The first-order valence-corrected chi connectivity index (χ1v) is 8.67. The van der Waals surface area contributed by atoms with Crippen LogP contribution in [0.2, 0.25) is 0 Å². The molecule has 1 unspecified atom stereocenters. The van der Waals surface area contributed by atoms with Crippen LogP contribution in [0, 0.1) is 0 Å². The molecule has 8 heteroatoms. The van der Waals surface area contributed by atoms with E-state index in [1.807, 2.05) is 36.0 Å². The summed E-state index contributed by atoms with van der Waals surface area (Å²) in [6.45, 7) is 1.76. The van der Waals surface area contributed by atoms with Crippen LogP contribution in [0.25, 0.3) is 10.9 Å². The molecule has 0 aliphatic heterocycles. The van der Waals surface area contributed by atoms with Crippen molar-refractivity contribution in [2.45, 2.75) is 13.0 Å². The van der Waals surface area contributed by atoms with Gasteiger partial charge in [-0.25, -0.2) is 4.79 Å². The minimum Gasteiger partial charge on any atom is -0.351 e. The molecule has 0 spiro atoms. The Kier molecular flexibility index (Phi) is 5.30. The highest BCUT2D eigenvalue weighted by atomic mass is 16.2. The highest BCUT2D eigenvalue weighted by molar-refractivity contribution is 6.40. The standard InChI is InChI=1S/C20H21N5O3/c1-12(13-6-8-14(9-7-13)23-20(21)28)22-18(26)19(27)24-16-4-3-5-17-15(16)10-11-25(17)2/h3-12H,1-2H3,(H,22,26)(H,24,27)(H3,21,23,28). The van der Waals surface area contributed by atoms with Gasteiger partial charge in [0, 0.05) is 29.8 Å². The molecule has 3 rings (SSSR count). The molecule has 2 aromatic carbocycles. The minimum absolute atomic E-state index is 0.395. The van der Waals surface area contributed by atoms with Crippen molar-refractivity contribution in [2.24, 2.45) is 12.8 Å². The Hall–Kier alpha value is -3.81. The average molecular weight is 379 g/mol. The summed E-state index contributed by atoms with van der Waals surface area (Å²) < 4.78 is 1.93. The molecule has 28 heavy (non-hydrogen) atoms. The Labute approximate surface area is 161 Å². The molecule has 0 saturated heterocycles. The molecular formula is C20H21N5O3. The number of aromatic nitrogens is 1. The summed E-state index contributed by atoms with van der Waals surface area (Å²) in [7, 11) is 1.91. The van der Waals surface area contributed by atoms with Crippen LogP contribution in [0.4, 0.5) is 16.2 Å². The van der Waals surface area contributed by atoms with E-state index in [9.17, 15) is 14.4 Å². The van der Waals surface area contributed by atoms with Crippen molar-refractivity contribution in [1.82, 2.24) is 9.88 Å². The summed E-state index contributed by atoms with van der Waals surface area (Å²) in [6, 6.07) is 13.1. The first kappa shape index (κ1) is 19.0. The molecule has 0 saturated carbocycles. The van der Waals surface area contributed by atoms with Crippen LogP contribution < -0.4 is 21.7 Å². The molecule has 0 aliphatic carbocycles. The van der Waals surface area contributed by atoms with Gasteiger partial charge < -0.3 is 26.3 Å². The summed E-state index contributed by atoms with van der Waals surface area (Å²) >= 11 is 0. The van der Waals surface area contributed by atoms with Gasteiger partial charge in [0.2, 0.25) is 0 Å². The Bertz CT molecular complexity index is 1040. The van der Waals surface area contributed by atoms with E-state index < -0.39 is 23.9 Å². The van der Waals surface area contributed by atoms with Crippen LogP contribution in [-0.4, -0.2) is 22.4 Å². The first-order chi connectivity index (χ1) is 13.3. The number of nitrogens with one attached hydrogen (secondary N) is 3. The second-order valence-electron chi connectivity index (χ2n) is 6.43. The van der Waals surface area contributed by atoms with Crippen LogP contribution in [0.15, 0.2) is 54.7 Å². The van der Waals surface area contributed by atoms with Crippen molar-refractivity contribution in [3.05, 3.63) is 60.3 Å². The summed E-state index contributed by atoms with van der Waals surface area (Å²) in [5.41, 5.74) is 7.92. The molecule has 3 aromatic rings. The second-order valence-corrected chi connectivity index (χ2v) is 6.43. The third-order valence-corrected chi connectivity index (χ3v) is 4.41. The SMILES string of the molecule is CC(NC(=O)C(=O)Nc1cccc2c1ccn2C)c1ccc(NC(N)=O)cc1. The lowest BCUT2D eigenvalue weighted by molar-refractivity contribution is -0.136. The number of rotatable bonds is 4. The topological polar surface area (TPSA) is 118 Å². The monoisotopic (exact) mass is 379 g/mol. The molecule has 1 aromatic heterocycles.